The highest BCUT2D eigenvalue weighted by Gasteiger charge is 2.31. The molecule has 1 N–H and O–H groups in total. The summed E-state index contributed by atoms with van der Waals surface area (Å²) in [5.74, 6) is 0.0617. The molecule has 0 spiro atoms. The predicted molar refractivity (Wildman–Crippen MR) is 82.4 cm³/mol. The van der Waals surface area contributed by atoms with Crippen LogP contribution < -0.4 is 5.32 Å². The van der Waals surface area contributed by atoms with E-state index < -0.39 is 9.84 Å². The highest BCUT2D eigenvalue weighted by Crippen LogP contribution is 2.24. The zero-order chi connectivity index (χ0) is 15.0. The average molecular weight is 308 g/mol. The second-order valence-corrected chi connectivity index (χ2v) is 8.09. The van der Waals surface area contributed by atoms with Gasteiger partial charge in [0, 0.05) is 30.4 Å². The van der Waals surface area contributed by atoms with Gasteiger partial charge in [-0.25, -0.2) is 8.42 Å². The Labute approximate surface area is 125 Å². The maximum absolute atomic E-state index is 12.6. The third-order valence-corrected chi connectivity index (χ3v) is 6.02. The van der Waals surface area contributed by atoms with Crippen molar-refractivity contribution in [1.29, 1.82) is 0 Å². The third kappa shape index (κ3) is 2.90. The van der Waals surface area contributed by atoms with Crippen molar-refractivity contribution in [2.75, 3.05) is 29.9 Å². The number of benzene rings is 1. The van der Waals surface area contributed by atoms with E-state index in [0.29, 0.717) is 5.56 Å². The molecule has 0 aromatic heterocycles. The summed E-state index contributed by atoms with van der Waals surface area (Å²) in [6, 6.07) is 5.47. The van der Waals surface area contributed by atoms with E-state index in [4.69, 9.17) is 0 Å². The van der Waals surface area contributed by atoms with Gasteiger partial charge in [-0.3, -0.25) is 4.79 Å². The first-order chi connectivity index (χ1) is 9.96. The molecule has 3 rings (SSSR count). The summed E-state index contributed by atoms with van der Waals surface area (Å²) in [4.78, 5) is 14.3. The molecule has 114 valence electrons. The van der Waals surface area contributed by atoms with Crippen molar-refractivity contribution in [3.8, 4) is 0 Å². The van der Waals surface area contributed by atoms with E-state index in [9.17, 15) is 13.2 Å². The fourth-order valence-corrected chi connectivity index (χ4v) is 4.63. The molecule has 5 nitrogen and oxygen atoms in total. The number of anilines is 1. The van der Waals surface area contributed by atoms with Crippen LogP contribution in [0.4, 0.5) is 5.69 Å². The van der Waals surface area contributed by atoms with Crippen LogP contribution in [0.15, 0.2) is 18.2 Å². The number of nitrogens with zero attached hydrogens (tertiary/aromatic N) is 1. The number of amides is 1. The van der Waals surface area contributed by atoms with E-state index in [2.05, 4.69) is 5.32 Å². The number of hydrogen-bond acceptors (Lipinski definition) is 4. The van der Waals surface area contributed by atoms with Crippen molar-refractivity contribution in [2.24, 2.45) is 0 Å². The molecule has 0 aliphatic carbocycles. The molecule has 1 amide bonds. The van der Waals surface area contributed by atoms with Gasteiger partial charge in [-0.1, -0.05) is 0 Å². The lowest BCUT2D eigenvalue weighted by molar-refractivity contribution is 0.0712. The molecule has 0 saturated carbocycles. The highest BCUT2D eigenvalue weighted by atomic mass is 32.2. The molecule has 1 fully saturated rings. The topological polar surface area (TPSA) is 66.5 Å². The molecule has 6 heteroatoms. The molecule has 0 radical (unpaired) electrons. The van der Waals surface area contributed by atoms with E-state index in [-0.39, 0.29) is 30.0 Å². The minimum Gasteiger partial charge on any atom is -0.385 e. The Morgan fingerprint density at radius 3 is 2.95 bits per heavy atom. The second kappa shape index (κ2) is 5.33. The van der Waals surface area contributed by atoms with E-state index in [1.807, 2.05) is 18.2 Å². The molecule has 1 saturated heterocycles. The summed E-state index contributed by atoms with van der Waals surface area (Å²) in [6.45, 7) is 3.06. The fourth-order valence-electron chi connectivity index (χ4n) is 3.07. The number of hydrogen-bond donors (Lipinski definition) is 1. The van der Waals surface area contributed by atoms with Crippen molar-refractivity contribution < 1.29 is 13.2 Å². The lowest BCUT2D eigenvalue weighted by atomic mass is 10.00. The van der Waals surface area contributed by atoms with Gasteiger partial charge < -0.3 is 10.2 Å². The summed E-state index contributed by atoms with van der Waals surface area (Å²) in [6.07, 6.45) is 2.05. The van der Waals surface area contributed by atoms with Crippen LogP contribution in [0.5, 0.6) is 0 Å². The predicted octanol–water partition coefficient (Wildman–Crippen LogP) is 1.30. The molecule has 1 aromatic carbocycles. The van der Waals surface area contributed by atoms with E-state index in [1.165, 1.54) is 5.56 Å². The molecule has 2 aliphatic rings. The number of rotatable bonds is 1. The fraction of sp³-hybridized carbons (Fsp3) is 0.533. The number of carbonyl (C=O) groups is 1. The number of nitrogens with one attached hydrogen (secondary N) is 1. The normalized spacial score (nSPS) is 24.0. The summed E-state index contributed by atoms with van der Waals surface area (Å²) in [5, 5.41) is 3.32. The monoisotopic (exact) mass is 308 g/mol. The minimum absolute atomic E-state index is 0.0608. The van der Waals surface area contributed by atoms with Gasteiger partial charge in [-0.15, -0.1) is 0 Å². The molecule has 21 heavy (non-hydrogen) atoms. The Hall–Kier alpha value is -1.56. The van der Waals surface area contributed by atoms with Crippen LogP contribution in [0, 0.1) is 0 Å². The highest BCUT2D eigenvalue weighted by molar-refractivity contribution is 7.91. The number of sulfone groups is 1. The quantitative estimate of drug-likeness (QED) is 0.849. The largest absolute Gasteiger partial charge is 0.385 e. The number of aryl methyl sites for hydroxylation is 1. The SMILES string of the molecule is CC1CS(=O)(=O)CCN1C(=O)c1ccc2c(c1)CCCN2. The summed E-state index contributed by atoms with van der Waals surface area (Å²) in [7, 11) is -3.00. The molecule has 2 heterocycles. The Morgan fingerprint density at radius 1 is 1.38 bits per heavy atom. The number of fused-ring (bicyclic) bond motifs is 1. The van der Waals surface area contributed by atoms with Crippen molar-refractivity contribution in [3.05, 3.63) is 29.3 Å². The first kappa shape index (κ1) is 14.4. The Morgan fingerprint density at radius 2 is 2.19 bits per heavy atom. The average Bonchev–Trinajstić information content (AvgIpc) is 2.45. The molecule has 2 aliphatic heterocycles. The van der Waals surface area contributed by atoms with Gasteiger partial charge in [0.1, 0.15) is 0 Å². The van der Waals surface area contributed by atoms with Gasteiger partial charge in [0.25, 0.3) is 5.91 Å². The Balaban J connectivity index is 1.82. The van der Waals surface area contributed by atoms with Gasteiger partial charge in [0.2, 0.25) is 0 Å². The van der Waals surface area contributed by atoms with Crippen molar-refractivity contribution in [1.82, 2.24) is 4.90 Å². The van der Waals surface area contributed by atoms with E-state index in [0.717, 1.165) is 25.1 Å². The maximum Gasteiger partial charge on any atom is 0.254 e. The summed E-state index contributed by atoms with van der Waals surface area (Å²) < 4.78 is 23.2. The summed E-state index contributed by atoms with van der Waals surface area (Å²) >= 11 is 0. The van der Waals surface area contributed by atoms with Crippen LogP contribution >= 0.6 is 0 Å². The van der Waals surface area contributed by atoms with Gasteiger partial charge in [0.05, 0.1) is 11.5 Å². The first-order valence-electron chi connectivity index (χ1n) is 7.34. The zero-order valence-electron chi connectivity index (χ0n) is 12.1. The van der Waals surface area contributed by atoms with Crippen LogP contribution in [0.3, 0.4) is 0 Å². The standard InChI is InChI=1S/C15H20N2O3S/c1-11-10-21(19,20)8-7-17(11)15(18)13-4-5-14-12(9-13)3-2-6-16-14/h4-5,9,11,16H,2-3,6-8,10H2,1H3. The van der Waals surface area contributed by atoms with Crippen LogP contribution in [-0.4, -0.2) is 49.9 Å². The Kier molecular flexibility index (Phi) is 3.65. The van der Waals surface area contributed by atoms with Crippen molar-refractivity contribution in [3.63, 3.8) is 0 Å². The molecule has 1 unspecified atom stereocenters. The smallest absolute Gasteiger partial charge is 0.254 e. The van der Waals surface area contributed by atoms with Gasteiger partial charge in [0.15, 0.2) is 9.84 Å². The summed E-state index contributed by atoms with van der Waals surface area (Å²) in [5.41, 5.74) is 2.93. The first-order valence-corrected chi connectivity index (χ1v) is 9.16. The maximum atomic E-state index is 12.6. The van der Waals surface area contributed by atoms with Gasteiger partial charge in [-0.05, 0) is 43.5 Å². The van der Waals surface area contributed by atoms with Crippen LogP contribution in [-0.2, 0) is 16.3 Å². The minimum atomic E-state index is -3.00. The van der Waals surface area contributed by atoms with Gasteiger partial charge in [-0.2, -0.15) is 0 Å². The van der Waals surface area contributed by atoms with Crippen molar-refractivity contribution >= 4 is 21.4 Å². The molecule has 1 aromatic rings. The van der Waals surface area contributed by atoms with Crippen LogP contribution in [0.2, 0.25) is 0 Å². The third-order valence-electron chi connectivity index (χ3n) is 4.22. The van der Waals surface area contributed by atoms with Crippen molar-refractivity contribution in [2.45, 2.75) is 25.8 Å². The molecule has 1 atom stereocenters. The molecular weight excluding hydrogens is 288 g/mol. The lowest BCUT2D eigenvalue weighted by Crippen LogP contribution is -2.49. The lowest BCUT2D eigenvalue weighted by Gasteiger charge is -2.33. The Bertz CT molecular complexity index is 669. The van der Waals surface area contributed by atoms with E-state index in [1.54, 1.807) is 11.8 Å². The van der Waals surface area contributed by atoms with Gasteiger partial charge >= 0.3 is 0 Å². The molecular formula is C15H20N2O3S. The molecule has 0 bridgehead atoms. The zero-order valence-corrected chi connectivity index (χ0v) is 12.9. The number of carbonyl (C=O) groups excluding carboxylic acids is 1. The second-order valence-electron chi connectivity index (χ2n) is 5.86. The van der Waals surface area contributed by atoms with Crippen LogP contribution in [0.1, 0.15) is 29.3 Å². The van der Waals surface area contributed by atoms with E-state index >= 15 is 0 Å². The van der Waals surface area contributed by atoms with Crippen LogP contribution in [0.25, 0.3) is 0 Å².